The Morgan fingerprint density at radius 3 is 2.42 bits per heavy atom. The van der Waals surface area contributed by atoms with Gasteiger partial charge < -0.3 is 9.63 Å². The van der Waals surface area contributed by atoms with Crippen molar-refractivity contribution in [2.24, 2.45) is 0 Å². The van der Waals surface area contributed by atoms with Gasteiger partial charge in [0.2, 0.25) is 0 Å². The van der Waals surface area contributed by atoms with Gasteiger partial charge in [-0.1, -0.05) is 5.16 Å². The Bertz CT molecular complexity index is 703. The Labute approximate surface area is 108 Å². The van der Waals surface area contributed by atoms with Crippen molar-refractivity contribution in [1.82, 2.24) is 5.16 Å². The smallest absolute Gasteiger partial charge is 0.335 e. The van der Waals surface area contributed by atoms with Crippen LogP contribution in [0.25, 0.3) is 0 Å². The van der Waals surface area contributed by atoms with Crippen LogP contribution in [0.15, 0.2) is 39.8 Å². The van der Waals surface area contributed by atoms with Gasteiger partial charge in [0, 0.05) is 6.07 Å². The van der Waals surface area contributed by atoms with E-state index in [-0.39, 0.29) is 16.3 Å². The Balaban J connectivity index is 2.26. The average Bonchev–Trinajstić information content (AvgIpc) is 2.74. The number of carboxylic acid groups (broad SMARTS) is 1. The van der Waals surface area contributed by atoms with Crippen LogP contribution in [0.3, 0.4) is 0 Å². The number of carboxylic acids is 1. The summed E-state index contributed by atoms with van der Waals surface area (Å²) in [5.74, 6) is -0.581. The summed E-state index contributed by atoms with van der Waals surface area (Å²) < 4.78 is 30.9. The lowest BCUT2D eigenvalue weighted by molar-refractivity contribution is 0.0696. The van der Waals surface area contributed by atoms with Gasteiger partial charge >= 0.3 is 5.97 Å². The van der Waals surface area contributed by atoms with Gasteiger partial charge in [0.1, 0.15) is 5.76 Å². The molecule has 0 bridgehead atoms. The zero-order chi connectivity index (χ0) is 14.0. The lowest BCUT2D eigenvalue weighted by Gasteiger charge is -2.04. The van der Waals surface area contributed by atoms with Crippen molar-refractivity contribution in [3.05, 3.63) is 41.7 Å². The van der Waals surface area contributed by atoms with Crippen molar-refractivity contribution in [2.45, 2.75) is 11.8 Å². The Kier molecular flexibility index (Phi) is 3.26. The highest BCUT2D eigenvalue weighted by atomic mass is 32.2. The molecule has 19 heavy (non-hydrogen) atoms. The van der Waals surface area contributed by atoms with Gasteiger partial charge in [0.15, 0.2) is 5.82 Å². The Hall–Kier alpha value is -2.35. The van der Waals surface area contributed by atoms with Crippen LogP contribution in [0.4, 0.5) is 5.82 Å². The number of aromatic nitrogens is 1. The molecule has 2 rings (SSSR count). The molecule has 0 spiro atoms. The van der Waals surface area contributed by atoms with Crippen molar-refractivity contribution in [1.29, 1.82) is 0 Å². The summed E-state index contributed by atoms with van der Waals surface area (Å²) in [4.78, 5) is 10.6. The lowest BCUT2D eigenvalue weighted by Crippen LogP contribution is -2.13. The molecule has 0 saturated heterocycles. The van der Waals surface area contributed by atoms with Gasteiger partial charge in [0.05, 0.1) is 10.5 Å². The molecule has 2 aromatic rings. The second-order valence-electron chi connectivity index (χ2n) is 3.76. The molecule has 2 N–H and O–H groups in total. The minimum absolute atomic E-state index is 0.0104. The maximum atomic E-state index is 12.0. The molecular formula is C11H10N2O5S. The SMILES string of the molecule is Cc1cc(NS(=O)(=O)c2ccc(C(=O)O)cc2)no1. The number of hydrogen-bond donors (Lipinski definition) is 2. The van der Waals surface area contributed by atoms with Gasteiger partial charge in [-0.2, -0.15) is 0 Å². The average molecular weight is 282 g/mol. The summed E-state index contributed by atoms with van der Waals surface area (Å²) in [5, 5.41) is 12.2. The third-order valence-corrected chi connectivity index (χ3v) is 3.65. The molecule has 0 radical (unpaired) electrons. The van der Waals surface area contributed by atoms with Crippen LogP contribution in [0, 0.1) is 6.92 Å². The van der Waals surface area contributed by atoms with E-state index in [0.29, 0.717) is 5.76 Å². The summed E-state index contributed by atoms with van der Waals surface area (Å²) in [5.41, 5.74) is 0.0104. The molecule has 8 heteroatoms. The van der Waals surface area contributed by atoms with Crippen molar-refractivity contribution in [3.63, 3.8) is 0 Å². The zero-order valence-electron chi connectivity index (χ0n) is 9.82. The molecular weight excluding hydrogens is 272 g/mol. The molecule has 0 aliphatic carbocycles. The number of carbonyl (C=O) groups is 1. The number of anilines is 1. The van der Waals surface area contributed by atoms with Crippen molar-refractivity contribution < 1.29 is 22.8 Å². The largest absolute Gasteiger partial charge is 0.478 e. The van der Waals surface area contributed by atoms with Crippen LogP contribution < -0.4 is 4.72 Å². The van der Waals surface area contributed by atoms with Crippen molar-refractivity contribution in [2.75, 3.05) is 4.72 Å². The second kappa shape index (κ2) is 4.73. The minimum Gasteiger partial charge on any atom is -0.478 e. The standard InChI is InChI=1S/C11H10N2O5S/c1-7-6-10(12-18-7)13-19(16,17)9-4-2-8(3-5-9)11(14)15/h2-6H,1H3,(H,12,13)(H,14,15). The molecule has 0 unspecified atom stereocenters. The first-order chi connectivity index (χ1) is 8.88. The highest BCUT2D eigenvalue weighted by molar-refractivity contribution is 7.92. The van der Waals surface area contributed by atoms with E-state index in [9.17, 15) is 13.2 Å². The molecule has 0 aliphatic rings. The fourth-order valence-electron chi connectivity index (χ4n) is 1.39. The maximum Gasteiger partial charge on any atom is 0.335 e. The van der Waals surface area contributed by atoms with Crippen LogP contribution in [0.2, 0.25) is 0 Å². The van der Waals surface area contributed by atoms with E-state index in [4.69, 9.17) is 9.63 Å². The first kappa shape index (κ1) is 13.1. The van der Waals surface area contributed by atoms with Crippen molar-refractivity contribution in [3.8, 4) is 0 Å². The second-order valence-corrected chi connectivity index (χ2v) is 5.44. The van der Waals surface area contributed by atoms with Crippen LogP contribution in [0.5, 0.6) is 0 Å². The maximum absolute atomic E-state index is 12.0. The molecule has 0 atom stereocenters. The highest BCUT2D eigenvalue weighted by Gasteiger charge is 2.16. The van der Waals surface area contributed by atoms with E-state index in [1.165, 1.54) is 30.3 Å². The first-order valence-corrected chi connectivity index (χ1v) is 6.66. The number of aryl methyl sites for hydroxylation is 1. The van der Waals surface area contributed by atoms with Crippen LogP contribution >= 0.6 is 0 Å². The predicted octanol–water partition coefficient (Wildman–Crippen LogP) is 1.48. The molecule has 7 nitrogen and oxygen atoms in total. The predicted molar refractivity (Wildman–Crippen MR) is 65.4 cm³/mol. The van der Waals surface area contributed by atoms with E-state index in [1.54, 1.807) is 6.92 Å². The van der Waals surface area contributed by atoms with Gasteiger partial charge in [-0.25, -0.2) is 13.2 Å². The Morgan fingerprint density at radius 2 is 1.95 bits per heavy atom. The molecule has 100 valence electrons. The van der Waals surface area contributed by atoms with Gasteiger partial charge in [-0.15, -0.1) is 0 Å². The topological polar surface area (TPSA) is 110 Å². The van der Waals surface area contributed by atoms with E-state index in [0.717, 1.165) is 0 Å². The van der Waals surface area contributed by atoms with E-state index < -0.39 is 16.0 Å². The number of benzene rings is 1. The number of nitrogens with zero attached hydrogens (tertiary/aromatic N) is 1. The Morgan fingerprint density at radius 1 is 1.32 bits per heavy atom. The minimum atomic E-state index is -3.81. The van der Waals surface area contributed by atoms with Gasteiger partial charge in [0.25, 0.3) is 10.0 Å². The number of rotatable bonds is 4. The number of nitrogens with one attached hydrogen (secondary N) is 1. The third-order valence-electron chi connectivity index (χ3n) is 2.28. The summed E-state index contributed by atoms with van der Waals surface area (Å²) in [7, 11) is -3.81. The number of sulfonamides is 1. The first-order valence-electron chi connectivity index (χ1n) is 5.18. The van der Waals surface area contributed by atoms with E-state index >= 15 is 0 Å². The summed E-state index contributed by atoms with van der Waals surface area (Å²) >= 11 is 0. The molecule has 0 saturated carbocycles. The van der Waals surface area contributed by atoms with Crippen molar-refractivity contribution >= 4 is 21.8 Å². The third kappa shape index (κ3) is 2.91. The highest BCUT2D eigenvalue weighted by Crippen LogP contribution is 2.16. The van der Waals surface area contributed by atoms with Crippen LogP contribution in [-0.4, -0.2) is 24.7 Å². The van der Waals surface area contributed by atoms with Gasteiger partial charge in [-0.3, -0.25) is 4.72 Å². The van der Waals surface area contributed by atoms with E-state index in [2.05, 4.69) is 9.88 Å². The summed E-state index contributed by atoms with van der Waals surface area (Å²) in [6.07, 6.45) is 0. The summed E-state index contributed by atoms with van der Waals surface area (Å²) in [6.45, 7) is 1.63. The molecule has 0 aliphatic heterocycles. The fraction of sp³-hybridized carbons (Fsp3) is 0.0909. The lowest BCUT2D eigenvalue weighted by atomic mass is 10.2. The van der Waals surface area contributed by atoms with Crippen LogP contribution in [-0.2, 0) is 10.0 Å². The molecule has 0 amide bonds. The molecule has 1 aromatic heterocycles. The monoisotopic (exact) mass is 282 g/mol. The molecule has 1 heterocycles. The van der Waals surface area contributed by atoms with Gasteiger partial charge in [-0.05, 0) is 31.2 Å². The number of aromatic carboxylic acids is 1. The number of hydrogen-bond acceptors (Lipinski definition) is 5. The fourth-order valence-corrected chi connectivity index (χ4v) is 2.37. The van der Waals surface area contributed by atoms with Crippen LogP contribution in [0.1, 0.15) is 16.1 Å². The normalized spacial score (nSPS) is 11.2. The summed E-state index contributed by atoms with van der Waals surface area (Å²) in [6, 6.07) is 6.27. The zero-order valence-corrected chi connectivity index (χ0v) is 10.6. The molecule has 0 fully saturated rings. The molecule has 1 aromatic carbocycles. The quantitative estimate of drug-likeness (QED) is 0.879. The van der Waals surface area contributed by atoms with E-state index in [1.807, 2.05) is 0 Å².